The van der Waals surface area contributed by atoms with Gasteiger partial charge in [-0.05, 0) is 44.4 Å². The molecule has 1 heterocycles. The molecule has 0 bridgehead atoms. The first-order valence-electron chi connectivity index (χ1n) is 6.67. The Morgan fingerprint density at radius 2 is 2.26 bits per heavy atom. The average Bonchev–Trinajstić information content (AvgIpc) is 2.82. The van der Waals surface area contributed by atoms with Crippen LogP contribution in [-0.2, 0) is 11.3 Å². The van der Waals surface area contributed by atoms with Gasteiger partial charge in [0.2, 0.25) is 0 Å². The number of hydrogen-bond acceptors (Lipinski definition) is 4. The number of aliphatic carboxylic acids is 1. The molecule has 1 aromatic rings. The lowest BCUT2D eigenvalue weighted by molar-refractivity contribution is -0.142. The van der Waals surface area contributed by atoms with Crippen LogP contribution >= 0.6 is 0 Å². The molecule has 2 atom stereocenters. The summed E-state index contributed by atoms with van der Waals surface area (Å²) in [4.78, 5) is 15.3. The monoisotopic (exact) mass is 264 g/mol. The number of nitrogens with zero attached hydrogens (tertiary/aromatic N) is 1. The van der Waals surface area contributed by atoms with E-state index < -0.39 is 5.97 Å². The lowest BCUT2D eigenvalue weighted by atomic mass is 9.96. The molecule has 104 valence electrons. The van der Waals surface area contributed by atoms with Crippen molar-refractivity contribution in [1.82, 2.24) is 10.3 Å². The minimum Gasteiger partial charge on any atom is -0.506 e. The van der Waals surface area contributed by atoms with E-state index in [2.05, 4.69) is 10.3 Å². The number of aromatic hydroxyl groups is 1. The quantitative estimate of drug-likeness (QED) is 0.754. The van der Waals surface area contributed by atoms with Gasteiger partial charge in [-0.1, -0.05) is 6.42 Å². The van der Waals surface area contributed by atoms with Crippen LogP contribution < -0.4 is 5.32 Å². The highest BCUT2D eigenvalue weighted by atomic mass is 16.4. The molecule has 0 saturated heterocycles. The van der Waals surface area contributed by atoms with Gasteiger partial charge in [-0.25, -0.2) is 0 Å². The normalized spacial score (nSPS) is 22.6. The molecule has 0 aromatic carbocycles. The Morgan fingerprint density at radius 1 is 1.47 bits per heavy atom. The van der Waals surface area contributed by atoms with E-state index in [0.29, 0.717) is 18.8 Å². The van der Waals surface area contributed by atoms with Crippen molar-refractivity contribution in [2.24, 2.45) is 11.8 Å². The van der Waals surface area contributed by atoms with Crippen LogP contribution in [-0.4, -0.2) is 27.7 Å². The Labute approximate surface area is 112 Å². The first-order valence-corrected chi connectivity index (χ1v) is 6.67. The molecule has 2 unspecified atom stereocenters. The van der Waals surface area contributed by atoms with Crippen molar-refractivity contribution >= 4 is 5.97 Å². The average molecular weight is 264 g/mol. The van der Waals surface area contributed by atoms with Crippen LogP contribution in [0.1, 0.15) is 30.7 Å². The van der Waals surface area contributed by atoms with Crippen molar-refractivity contribution in [3.8, 4) is 5.75 Å². The highest BCUT2D eigenvalue weighted by molar-refractivity contribution is 5.70. The van der Waals surface area contributed by atoms with E-state index in [1.165, 1.54) is 0 Å². The molecule has 1 fully saturated rings. The molecule has 0 aliphatic heterocycles. The molecule has 5 nitrogen and oxygen atoms in total. The van der Waals surface area contributed by atoms with Gasteiger partial charge in [-0.3, -0.25) is 9.78 Å². The topological polar surface area (TPSA) is 82.5 Å². The summed E-state index contributed by atoms with van der Waals surface area (Å²) in [6.45, 7) is 3.00. The number of hydrogen-bond donors (Lipinski definition) is 3. The summed E-state index contributed by atoms with van der Waals surface area (Å²) >= 11 is 0. The summed E-state index contributed by atoms with van der Waals surface area (Å²) < 4.78 is 0. The third kappa shape index (κ3) is 3.44. The maximum Gasteiger partial charge on any atom is 0.306 e. The molecule has 1 aliphatic carbocycles. The Hall–Kier alpha value is -1.62. The Morgan fingerprint density at radius 3 is 3.00 bits per heavy atom. The van der Waals surface area contributed by atoms with Crippen molar-refractivity contribution < 1.29 is 15.0 Å². The van der Waals surface area contributed by atoms with Gasteiger partial charge in [0.05, 0.1) is 11.6 Å². The first kappa shape index (κ1) is 13.8. The van der Waals surface area contributed by atoms with Crippen LogP contribution in [0.15, 0.2) is 12.1 Å². The van der Waals surface area contributed by atoms with Crippen molar-refractivity contribution in [3.05, 3.63) is 23.5 Å². The van der Waals surface area contributed by atoms with E-state index in [1.54, 1.807) is 12.1 Å². The van der Waals surface area contributed by atoms with Crippen LogP contribution in [0.2, 0.25) is 0 Å². The maximum absolute atomic E-state index is 11.1. The number of nitrogens with one attached hydrogen (secondary N) is 1. The zero-order valence-corrected chi connectivity index (χ0v) is 11.1. The Bertz CT molecular complexity index is 462. The van der Waals surface area contributed by atoms with Gasteiger partial charge in [-0.15, -0.1) is 0 Å². The lowest BCUT2D eigenvalue weighted by Crippen LogP contribution is -2.29. The largest absolute Gasteiger partial charge is 0.506 e. The summed E-state index contributed by atoms with van der Waals surface area (Å²) in [6, 6.07) is 3.39. The second-order valence-electron chi connectivity index (χ2n) is 5.19. The number of carbonyl (C=O) groups is 1. The molecule has 0 spiro atoms. The smallest absolute Gasteiger partial charge is 0.306 e. The van der Waals surface area contributed by atoms with Gasteiger partial charge < -0.3 is 15.5 Å². The third-order valence-corrected chi connectivity index (χ3v) is 3.76. The Balaban J connectivity index is 1.86. The molecular formula is C14H20N2O3. The van der Waals surface area contributed by atoms with E-state index in [9.17, 15) is 9.90 Å². The number of aryl methyl sites for hydroxylation is 1. The van der Waals surface area contributed by atoms with Crippen molar-refractivity contribution in [2.45, 2.75) is 32.7 Å². The van der Waals surface area contributed by atoms with Crippen molar-refractivity contribution in [1.29, 1.82) is 0 Å². The molecular weight excluding hydrogens is 244 g/mol. The predicted molar refractivity (Wildman–Crippen MR) is 70.8 cm³/mol. The molecule has 0 amide bonds. The standard InChI is InChI=1S/C14H20N2O3/c1-9-5-6-13(17)12(16-9)8-15-7-10-3-2-4-11(10)14(18)19/h5-6,10-11,15,17H,2-4,7-8H2,1H3,(H,18,19). The predicted octanol–water partition coefficient (Wildman–Crippen LogP) is 1.69. The van der Waals surface area contributed by atoms with Crippen molar-refractivity contribution in [2.75, 3.05) is 6.54 Å². The fourth-order valence-corrected chi connectivity index (χ4v) is 2.72. The second kappa shape index (κ2) is 6.02. The minimum absolute atomic E-state index is 0.180. The van der Waals surface area contributed by atoms with Gasteiger partial charge in [0, 0.05) is 12.2 Å². The third-order valence-electron chi connectivity index (χ3n) is 3.76. The summed E-state index contributed by atoms with van der Waals surface area (Å²) in [5, 5.41) is 22.0. The van der Waals surface area contributed by atoms with Crippen LogP contribution in [0.25, 0.3) is 0 Å². The fourth-order valence-electron chi connectivity index (χ4n) is 2.72. The van der Waals surface area contributed by atoms with E-state index in [4.69, 9.17) is 5.11 Å². The molecule has 1 saturated carbocycles. The lowest BCUT2D eigenvalue weighted by Gasteiger charge is -2.16. The molecule has 1 aromatic heterocycles. The number of rotatable bonds is 5. The molecule has 5 heteroatoms. The van der Waals surface area contributed by atoms with E-state index in [-0.39, 0.29) is 17.6 Å². The van der Waals surface area contributed by atoms with Crippen LogP contribution in [0, 0.1) is 18.8 Å². The number of carboxylic acid groups (broad SMARTS) is 1. The second-order valence-corrected chi connectivity index (χ2v) is 5.19. The first-order chi connectivity index (χ1) is 9.08. The van der Waals surface area contributed by atoms with Crippen LogP contribution in [0.3, 0.4) is 0 Å². The van der Waals surface area contributed by atoms with Gasteiger partial charge in [0.15, 0.2) is 0 Å². The zero-order valence-electron chi connectivity index (χ0n) is 11.1. The van der Waals surface area contributed by atoms with Gasteiger partial charge in [0.1, 0.15) is 5.75 Å². The van der Waals surface area contributed by atoms with Gasteiger partial charge >= 0.3 is 5.97 Å². The number of pyridine rings is 1. The molecule has 3 N–H and O–H groups in total. The van der Waals surface area contributed by atoms with Crippen molar-refractivity contribution in [3.63, 3.8) is 0 Å². The number of carboxylic acids is 1. The highest BCUT2D eigenvalue weighted by Crippen LogP contribution is 2.31. The fraction of sp³-hybridized carbons (Fsp3) is 0.571. The maximum atomic E-state index is 11.1. The van der Waals surface area contributed by atoms with E-state index in [1.807, 2.05) is 6.92 Å². The van der Waals surface area contributed by atoms with Gasteiger partial charge in [-0.2, -0.15) is 0 Å². The molecule has 2 rings (SSSR count). The van der Waals surface area contributed by atoms with Crippen LogP contribution in [0.5, 0.6) is 5.75 Å². The summed E-state index contributed by atoms with van der Waals surface area (Å²) in [5.74, 6) is -0.559. The molecule has 1 aliphatic rings. The summed E-state index contributed by atoms with van der Waals surface area (Å²) in [5.41, 5.74) is 1.48. The van der Waals surface area contributed by atoms with E-state index in [0.717, 1.165) is 25.0 Å². The highest BCUT2D eigenvalue weighted by Gasteiger charge is 2.32. The minimum atomic E-state index is -0.694. The Kier molecular flexibility index (Phi) is 4.37. The summed E-state index contributed by atoms with van der Waals surface area (Å²) in [7, 11) is 0. The van der Waals surface area contributed by atoms with E-state index >= 15 is 0 Å². The van der Waals surface area contributed by atoms with Gasteiger partial charge in [0.25, 0.3) is 0 Å². The van der Waals surface area contributed by atoms with Crippen LogP contribution in [0.4, 0.5) is 0 Å². The SMILES string of the molecule is Cc1ccc(O)c(CNCC2CCCC2C(=O)O)n1. The summed E-state index contributed by atoms with van der Waals surface area (Å²) in [6.07, 6.45) is 2.71. The number of aromatic nitrogens is 1. The zero-order chi connectivity index (χ0) is 13.8. The molecule has 0 radical (unpaired) electrons. The molecule has 19 heavy (non-hydrogen) atoms.